The Bertz CT molecular complexity index is 130. The zero-order valence-corrected chi connectivity index (χ0v) is 9.55. The molecule has 0 radical (unpaired) electrons. The summed E-state index contributed by atoms with van der Waals surface area (Å²) in [4.78, 5) is 7.51. The van der Waals surface area contributed by atoms with Gasteiger partial charge in [-0.2, -0.15) is 0 Å². The maximum atomic E-state index is 4.06. The van der Waals surface area contributed by atoms with Crippen molar-refractivity contribution >= 4 is 18.4 Å². The van der Waals surface area contributed by atoms with Gasteiger partial charge in [-0.25, -0.2) is 0 Å². The van der Waals surface area contributed by atoms with Crippen molar-refractivity contribution in [3.8, 4) is 0 Å². The standard InChI is InChI=1S/C5H7.3CH3.Sn/c1-5-3-2-4-5;;;;/h3H,1-2,4H2;3*1H3;. The van der Waals surface area contributed by atoms with Crippen LogP contribution in [0.2, 0.25) is 18.8 Å². The minimum atomic E-state index is -1.50. The third-order valence-corrected chi connectivity index (χ3v) is 10.2. The van der Waals surface area contributed by atoms with Crippen molar-refractivity contribution in [1.82, 2.24) is 0 Å². The monoisotopic (exact) mass is 232 g/mol. The predicted octanol–water partition coefficient (Wildman–Crippen LogP) is 3.04. The number of hydrogen-bond acceptors (Lipinski definition) is 0. The molecule has 0 heterocycles. The molecule has 0 nitrogen and oxygen atoms in total. The van der Waals surface area contributed by atoms with Crippen LogP contribution in [0.3, 0.4) is 0 Å². The van der Waals surface area contributed by atoms with Crippen molar-refractivity contribution in [3.05, 3.63) is 12.2 Å². The SMILES string of the molecule is C=C1CC[CH]1[Sn]([CH3])([CH3])[CH3]. The van der Waals surface area contributed by atoms with Crippen LogP contribution in [0, 0.1) is 0 Å². The molecule has 1 aliphatic rings. The molecule has 0 bridgehead atoms. The Morgan fingerprint density at radius 2 is 2.00 bits per heavy atom. The third-order valence-electron chi connectivity index (χ3n) is 2.29. The van der Waals surface area contributed by atoms with E-state index in [2.05, 4.69) is 21.4 Å². The first kappa shape index (κ1) is 7.64. The molecule has 1 rings (SSSR count). The van der Waals surface area contributed by atoms with E-state index in [9.17, 15) is 0 Å². The van der Waals surface area contributed by atoms with Gasteiger partial charge in [0.2, 0.25) is 0 Å². The molecule has 1 heteroatoms. The summed E-state index contributed by atoms with van der Waals surface area (Å²) >= 11 is -1.50. The molecule has 0 aromatic rings. The summed E-state index contributed by atoms with van der Waals surface area (Å²) in [6.07, 6.45) is 2.78. The molecule has 9 heavy (non-hydrogen) atoms. The second-order valence-electron chi connectivity index (χ2n) is 4.12. The van der Waals surface area contributed by atoms with Crippen molar-refractivity contribution < 1.29 is 0 Å². The number of allylic oxidation sites excluding steroid dienone is 1. The van der Waals surface area contributed by atoms with E-state index in [1.54, 1.807) is 5.57 Å². The average Bonchev–Trinajstić information content (AvgIpc) is 1.57. The summed E-state index contributed by atoms with van der Waals surface area (Å²) in [6, 6.07) is 0. The van der Waals surface area contributed by atoms with Gasteiger partial charge in [-0.3, -0.25) is 0 Å². The molecule has 0 aliphatic heterocycles. The summed E-state index contributed by atoms with van der Waals surface area (Å²) in [6.45, 7) is 4.06. The van der Waals surface area contributed by atoms with Crippen LogP contribution < -0.4 is 0 Å². The van der Waals surface area contributed by atoms with E-state index >= 15 is 0 Å². The predicted molar refractivity (Wildman–Crippen MR) is 45.5 cm³/mol. The molecule has 1 atom stereocenters. The Kier molecular flexibility index (Phi) is 1.95. The summed E-state index contributed by atoms with van der Waals surface area (Å²) in [5.74, 6) is 0. The summed E-state index contributed by atoms with van der Waals surface area (Å²) in [5.41, 5.74) is 1.55. The van der Waals surface area contributed by atoms with Crippen LogP contribution >= 0.6 is 0 Å². The van der Waals surface area contributed by atoms with Gasteiger partial charge in [-0.15, -0.1) is 0 Å². The van der Waals surface area contributed by atoms with Crippen LogP contribution in [-0.2, 0) is 0 Å². The van der Waals surface area contributed by atoms with Gasteiger partial charge < -0.3 is 0 Å². The Morgan fingerprint density at radius 1 is 1.44 bits per heavy atom. The quantitative estimate of drug-likeness (QED) is 0.480. The van der Waals surface area contributed by atoms with E-state index in [0.717, 1.165) is 3.93 Å². The normalized spacial score (nSPS) is 27.9. The van der Waals surface area contributed by atoms with Crippen LogP contribution in [0.4, 0.5) is 0 Å². The Hall–Kier alpha value is 0.539. The Morgan fingerprint density at radius 3 is 2.00 bits per heavy atom. The first-order valence-corrected chi connectivity index (χ1v) is 13.9. The van der Waals surface area contributed by atoms with Gasteiger partial charge in [0, 0.05) is 0 Å². The molecule has 0 spiro atoms. The van der Waals surface area contributed by atoms with Crippen molar-refractivity contribution in [3.63, 3.8) is 0 Å². The fourth-order valence-corrected chi connectivity index (χ4v) is 8.33. The van der Waals surface area contributed by atoms with E-state index in [4.69, 9.17) is 0 Å². The summed E-state index contributed by atoms with van der Waals surface area (Å²) in [5, 5.41) is 0. The zero-order valence-electron chi connectivity index (χ0n) is 6.70. The molecule has 0 saturated heterocycles. The molecule has 1 aliphatic carbocycles. The molecule has 0 amide bonds. The maximum absolute atomic E-state index is 4.06. The van der Waals surface area contributed by atoms with Crippen molar-refractivity contribution in [1.29, 1.82) is 0 Å². The third kappa shape index (κ3) is 1.51. The summed E-state index contributed by atoms with van der Waals surface area (Å²) < 4.78 is 1.01. The van der Waals surface area contributed by atoms with E-state index in [-0.39, 0.29) is 0 Å². The minimum absolute atomic E-state index is 1.01. The van der Waals surface area contributed by atoms with Gasteiger partial charge in [0.05, 0.1) is 0 Å². The number of hydrogen-bond donors (Lipinski definition) is 0. The van der Waals surface area contributed by atoms with Crippen LogP contribution in [0.1, 0.15) is 12.8 Å². The van der Waals surface area contributed by atoms with Gasteiger partial charge >= 0.3 is 62.1 Å². The van der Waals surface area contributed by atoms with Crippen LogP contribution in [0.25, 0.3) is 0 Å². The van der Waals surface area contributed by atoms with Crippen molar-refractivity contribution in [2.75, 3.05) is 0 Å². The number of rotatable bonds is 1. The van der Waals surface area contributed by atoms with Crippen LogP contribution in [0.5, 0.6) is 0 Å². The molecular weight excluding hydrogens is 215 g/mol. The molecule has 1 unspecified atom stereocenters. The van der Waals surface area contributed by atoms with Gasteiger partial charge in [0.15, 0.2) is 0 Å². The molecule has 1 fully saturated rings. The molecule has 0 aromatic heterocycles. The van der Waals surface area contributed by atoms with E-state index < -0.39 is 18.4 Å². The van der Waals surface area contributed by atoms with Gasteiger partial charge in [0.1, 0.15) is 0 Å². The second-order valence-corrected chi connectivity index (χ2v) is 19.6. The first-order chi connectivity index (χ1) is 4.02. The molecule has 52 valence electrons. The van der Waals surface area contributed by atoms with Crippen molar-refractivity contribution in [2.24, 2.45) is 0 Å². The van der Waals surface area contributed by atoms with E-state index in [0.29, 0.717) is 0 Å². The Labute approximate surface area is 62.2 Å². The van der Waals surface area contributed by atoms with Crippen LogP contribution in [-0.4, -0.2) is 18.4 Å². The molecular formula is C8H16Sn. The first-order valence-electron chi connectivity index (χ1n) is 3.69. The average molecular weight is 231 g/mol. The second kappa shape index (κ2) is 2.30. The fourth-order valence-electron chi connectivity index (χ4n) is 1.54. The Balaban J connectivity index is 2.54. The van der Waals surface area contributed by atoms with E-state index in [1.807, 2.05) is 0 Å². The van der Waals surface area contributed by atoms with Gasteiger partial charge in [0.25, 0.3) is 0 Å². The topological polar surface area (TPSA) is 0 Å². The zero-order chi connectivity index (χ0) is 7.07. The van der Waals surface area contributed by atoms with Gasteiger partial charge in [-0.05, 0) is 0 Å². The summed E-state index contributed by atoms with van der Waals surface area (Å²) in [7, 11) is 0. The van der Waals surface area contributed by atoms with Crippen LogP contribution in [0.15, 0.2) is 12.2 Å². The molecule has 0 aromatic carbocycles. The van der Waals surface area contributed by atoms with Gasteiger partial charge in [-0.1, -0.05) is 0 Å². The van der Waals surface area contributed by atoms with Crippen molar-refractivity contribution in [2.45, 2.75) is 31.6 Å². The fraction of sp³-hybridized carbons (Fsp3) is 0.750. The molecule has 1 saturated carbocycles. The van der Waals surface area contributed by atoms with E-state index in [1.165, 1.54) is 12.8 Å². The molecule has 0 N–H and O–H groups in total.